The highest BCUT2D eigenvalue weighted by Gasteiger charge is 2.17. The second kappa shape index (κ2) is 3.27. The Hall–Kier alpha value is -1.50. The number of fused-ring (bicyclic) bond motifs is 3. The molecule has 1 nitrogen and oxygen atoms in total. The molecule has 2 aromatic rings. The summed E-state index contributed by atoms with van der Waals surface area (Å²) in [6.45, 7) is 2.03. The van der Waals surface area contributed by atoms with Crippen LogP contribution in [-0.2, 0) is 12.8 Å². The van der Waals surface area contributed by atoms with Crippen LogP contribution in [0, 0.1) is 6.92 Å². The van der Waals surface area contributed by atoms with Crippen LogP contribution in [0.3, 0.4) is 0 Å². The van der Waals surface area contributed by atoms with Crippen molar-refractivity contribution in [3.8, 4) is 11.3 Å². The first kappa shape index (κ1) is 8.78. The minimum atomic E-state index is 1.02. The molecule has 0 saturated carbocycles. The standard InChI is InChI=1S/C14H14O/c1-10-9-12-7-4-6-11-5-2-3-8-13(11)14(12)15-10/h2-3,5,8-9H,4,6-7H2,1H3. The number of aryl methyl sites for hydroxylation is 3. The molecule has 0 bridgehead atoms. The van der Waals surface area contributed by atoms with E-state index in [4.69, 9.17) is 4.42 Å². The lowest BCUT2D eigenvalue weighted by atomic mass is 10.0. The normalized spacial score (nSPS) is 14.2. The van der Waals surface area contributed by atoms with Gasteiger partial charge in [0, 0.05) is 5.56 Å². The Labute approximate surface area is 89.7 Å². The van der Waals surface area contributed by atoms with E-state index in [0.717, 1.165) is 17.9 Å². The fourth-order valence-electron chi connectivity index (χ4n) is 2.41. The fourth-order valence-corrected chi connectivity index (χ4v) is 2.41. The van der Waals surface area contributed by atoms with Crippen molar-refractivity contribution < 1.29 is 4.42 Å². The molecule has 0 amide bonds. The van der Waals surface area contributed by atoms with Gasteiger partial charge in [-0.1, -0.05) is 24.3 Å². The lowest BCUT2D eigenvalue weighted by Crippen LogP contribution is -1.85. The van der Waals surface area contributed by atoms with Crippen LogP contribution in [0.25, 0.3) is 11.3 Å². The van der Waals surface area contributed by atoms with E-state index in [1.165, 1.54) is 29.5 Å². The largest absolute Gasteiger partial charge is 0.461 e. The maximum Gasteiger partial charge on any atom is 0.137 e. The SMILES string of the molecule is Cc1cc2c(o1)-c1ccccc1CCC2. The zero-order valence-electron chi connectivity index (χ0n) is 8.92. The van der Waals surface area contributed by atoms with Crippen LogP contribution in [0.1, 0.15) is 23.3 Å². The van der Waals surface area contributed by atoms with E-state index < -0.39 is 0 Å². The first-order valence-corrected chi connectivity index (χ1v) is 5.52. The molecule has 3 rings (SSSR count). The molecule has 76 valence electrons. The summed E-state index contributed by atoms with van der Waals surface area (Å²) in [5, 5.41) is 0. The summed E-state index contributed by atoms with van der Waals surface area (Å²) in [6, 6.07) is 10.8. The Morgan fingerprint density at radius 2 is 1.87 bits per heavy atom. The molecule has 1 heterocycles. The van der Waals surface area contributed by atoms with Gasteiger partial charge in [-0.05, 0) is 43.4 Å². The summed E-state index contributed by atoms with van der Waals surface area (Å²) >= 11 is 0. The fraction of sp³-hybridized carbons (Fsp3) is 0.286. The van der Waals surface area contributed by atoms with Crippen LogP contribution in [-0.4, -0.2) is 0 Å². The van der Waals surface area contributed by atoms with Gasteiger partial charge in [0.05, 0.1) is 0 Å². The van der Waals surface area contributed by atoms with E-state index >= 15 is 0 Å². The van der Waals surface area contributed by atoms with Crippen LogP contribution < -0.4 is 0 Å². The third kappa shape index (κ3) is 1.39. The molecule has 1 aliphatic rings. The second-order valence-electron chi connectivity index (χ2n) is 4.22. The van der Waals surface area contributed by atoms with Crippen molar-refractivity contribution in [2.75, 3.05) is 0 Å². The molecule has 1 aliphatic carbocycles. The zero-order chi connectivity index (χ0) is 10.3. The van der Waals surface area contributed by atoms with Crippen molar-refractivity contribution in [2.45, 2.75) is 26.2 Å². The predicted octanol–water partition coefficient (Wildman–Crippen LogP) is 3.74. The molecule has 0 atom stereocenters. The maximum absolute atomic E-state index is 5.81. The molecule has 0 aliphatic heterocycles. The van der Waals surface area contributed by atoms with E-state index in [1.807, 2.05) is 6.92 Å². The molecule has 0 unspecified atom stereocenters. The van der Waals surface area contributed by atoms with Gasteiger partial charge in [0.2, 0.25) is 0 Å². The van der Waals surface area contributed by atoms with Crippen LogP contribution >= 0.6 is 0 Å². The smallest absolute Gasteiger partial charge is 0.137 e. The molecule has 0 spiro atoms. The van der Waals surface area contributed by atoms with Crippen molar-refractivity contribution >= 4 is 0 Å². The maximum atomic E-state index is 5.81. The Kier molecular flexibility index (Phi) is 1.91. The van der Waals surface area contributed by atoms with E-state index in [0.29, 0.717) is 0 Å². The summed E-state index contributed by atoms with van der Waals surface area (Å²) < 4.78 is 5.81. The van der Waals surface area contributed by atoms with E-state index in [1.54, 1.807) is 0 Å². The molecule has 0 saturated heterocycles. The average molecular weight is 198 g/mol. The summed E-state index contributed by atoms with van der Waals surface area (Å²) in [7, 11) is 0. The van der Waals surface area contributed by atoms with Gasteiger partial charge in [-0.3, -0.25) is 0 Å². The van der Waals surface area contributed by atoms with Crippen LogP contribution in [0.5, 0.6) is 0 Å². The third-order valence-corrected chi connectivity index (χ3v) is 3.09. The number of hydrogen-bond donors (Lipinski definition) is 0. The minimum Gasteiger partial charge on any atom is -0.461 e. The zero-order valence-corrected chi connectivity index (χ0v) is 8.92. The van der Waals surface area contributed by atoms with Gasteiger partial charge in [0.25, 0.3) is 0 Å². The van der Waals surface area contributed by atoms with Crippen molar-refractivity contribution in [1.82, 2.24) is 0 Å². The van der Waals surface area contributed by atoms with Crippen molar-refractivity contribution in [3.05, 3.63) is 47.2 Å². The van der Waals surface area contributed by atoms with Crippen LogP contribution in [0.2, 0.25) is 0 Å². The summed E-state index contributed by atoms with van der Waals surface area (Å²) in [5.41, 5.74) is 4.08. The van der Waals surface area contributed by atoms with Crippen LogP contribution in [0.4, 0.5) is 0 Å². The third-order valence-electron chi connectivity index (χ3n) is 3.09. The molecular weight excluding hydrogens is 184 g/mol. The van der Waals surface area contributed by atoms with Crippen LogP contribution in [0.15, 0.2) is 34.7 Å². The highest BCUT2D eigenvalue weighted by Crippen LogP contribution is 2.34. The number of rotatable bonds is 0. The quantitative estimate of drug-likeness (QED) is 0.628. The second-order valence-corrected chi connectivity index (χ2v) is 4.22. The van der Waals surface area contributed by atoms with E-state index in [9.17, 15) is 0 Å². The van der Waals surface area contributed by atoms with Crippen molar-refractivity contribution in [1.29, 1.82) is 0 Å². The lowest BCUT2D eigenvalue weighted by Gasteiger charge is -2.03. The Morgan fingerprint density at radius 3 is 2.80 bits per heavy atom. The van der Waals surface area contributed by atoms with Gasteiger partial charge in [-0.15, -0.1) is 0 Å². The minimum absolute atomic E-state index is 1.02. The number of hydrogen-bond acceptors (Lipinski definition) is 1. The molecule has 0 radical (unpaired) electrons. The summed E-state index contributed by atoms with van der Waals surface area (Å²) in [6.07, 6.45) is 3.53. The summed E-state index contributed by atoms with van der Waals surface area (Å²) in [4.78, 5) is 0. The first-order valence-electron chi connectivity index (χ1n) is 5.52. The Morgan fingerprint density at radius 1 is 1.07 bits per heavy atom. The van der Waals surface area contributed by atoms with E-state index in [2.05, 4.69) is 30.3 Å². The Bertz CT molecular complexity index is 494. The number of benzene rings is 1. The topological polar surface area (TPSA) is 13.1 Å². The highest BCUT2D eigenvalue weighted by molar-refractivity contribution is 5.66. The molecule has 1 heteroatoms. The van der Waals surface area contributed by atoms with Gasteiger partial charge in [-0.25, -0.2) is 0 Å². The number of furan rings is 1. The van der Waals surface area contributed by atoms with Gasteiger partial charge >= 0.3 is 0 Å². The van der Waals surface area contributed by atoms with Crippen molar-refractivity contribution in [2.24, 2.45) is 0 Å². The van der Waals surface area contributed by atoms with Gasteiger partial charge in [-0.2, -0.15) is 0 Å². The molecule has 0 fully saturated rings. The van der Waals surface area contributed by atoms with E-state index in [-0.39, 0.29) is 0 Å². The van der Waals surface area contributed by atoms with Gasteiger partial charge in [0.15, 0.2) is 0 Å². The van der Waals surface area contributed by atoms with Gasteiger partial charge in [0.1, 0.15) is 11.5 Å². The lowest BCUT2D eigenvalue weighted by molar-refractivity contribution is 0.546. The highest BCUT2D eigenvalue weighted by atomic mass is 16.3. The molecular formula is C14H14O. The summed E-state index contributed by atoms with van der Waals surface area (Å²) in [5.74, 6) is 2.12. The molecule has 1 aromatic heterocycles. The monoisotopic (exact) mass is 198 g/mol. The predicted molar refractivity (Wildman–Crippen MR) is 60.9 cm³/mol. The Balaban J connectivity index is 2.26. The van der Waals surface area contributed by atoms with Gasteiger partial charge < -0.3 is 4.42 Å². The average Bonchev–Trinajstić information content (AvgIpc) is 2.52. The molecule has 1 aromatic carbocycles. The van der Waals surface area contributed by atoms with Crippen molar-refractivity contribution in [3.63, 3.8) is 0 Å². The first-order chi connectivity index (χ1) is 7.34. The molecule has 0 N–H and O–H groups in total. The molecule has 15 heavy (non-hydrogen) atoms.